The van der Waals surface area contributed by atoms with Crippen molar-refractivity contribution >= 4 is 22.9 Å². The second-order valence-electron chi connectivity index (χ2n) is 8.28. The van der Waals surface area contributed by atoms with Crippen molar-refractivity contribution in [2.24, 2.45) is 0 Å². The second-order valence-corrected chi connectivity index (χ2v) is 8.28. The predicted molar refractivity (Wildman–Crippen MR) is 135 cm³/mol. The van der Waals surface area contributed by atoms with Crippen LogP contribution in [0.15, 0.2) is 85.2 Å². The van der Waals surface area contributed by atoms with Crippen molar-refractivity contribution in [3.8, 4) is 22.8 Å². The van der Waals surface area contributed by atoms with E-state index in [1.165, 1.54) is 24.4 Å². The number of ether oxygens (including phenoxy) is 1. The molecule has 3 aromatic carbocycles. The van der Waals surface area contributed by atoms with Gasteiger partial charge in [-0.15, -0.1) is 0 Å². The average Bonchev–Trinajstić information content (AvgIpc) is 3.30. The highest BCUT2D eigenvalue weighted by molar-refractivity contribution is 6.08. The fourth-order valence-electron chi connectivity index (χ4n) is 3.81. The molecule has 0 aliphatic heterocycles. The van der Waals surface area contributed by atoms with E-state index in [9.17, 15) is 14.9 Å². The van der Waals surface area contributed by atoms with Gasteiger partial charge in [-0.1, -0.05) is 48.0 Å². The van der Waals surface area contributed by atoms with Gasteiger partial charge in [0, 0.05) is 23.9 Å². The van der Waals surface area contributed by atoms with Gasteiger partial charge in [-0.05, 0) is 31.5 Å². The van der Waals surface area contributed by atoms with Gasteiger partial charge in [-0.2, -0.15) is 5.10 Å². The number of para-hydroxylation sites is 1. The molecule has 1 amide bonds. The van der Waals surface area contributed by atoms with Crippen LogP contribution in [0.3, 0.4) is 0 Å². The standard InChI is InChI=1S/C27H21N5O4/c1-17-7-9-19(10-8-17)24-11-12-28-26-23(16-29-31(24)26)27(33)30-20-13-21(32(34)35)15-22(14-20)36-25-6-4-3-5-18(25)2/h3-16H,1-2H3,(H,30,33). The predicted octanol–water partition coefficient (Wildman–Crippen LogP) is 5.97. The number of nitrogens with one attached hydrogen (secondary N) is 1. The molecule has 9 heteroatoms. The number of nitrogens with zero attached hydrogens (tertiary/aromatic N) is 4. The molecule has 5 aromatic rings. The van der Waals surface area contributed by atoms with E-state index in [2.05, 4.69) is 15.4 Å². The quantitative estimate of drug-likeness (QED) is 0.237. The summed E-state index contributed by atoms with van der Waals surface area (Å²) in [5, 5.41) is 18.6. The molecule has 0 bridgehead atoms. The summed E-state index contributed by atoms with van der Waals surface area (Å²) in [6.45, 7) is 3.88. The summed E-state index contributed by atoms with van der Waals surface area (Å²) in [6.07, 6.45) is 3.04. The molecule has 0 saturated carbocycles. The fourth-order valence-corrected chi connectivity index (χ4v) is 3.81. The van der Waals surface area contributed by atoms with Crippen LogP contribution >= 0.6 is 0 Å². The Balaban J connectivity index is 1.47. The Morgan fingerprint density at radius 1 is 1.03 bits per heavy atom. The number of rotatable bonds is 6. The molecule has 0 aliphatic rings. The molecule has 178 valence electrons. The Labute approximate surface area is 206 Å². The fraction of sp³-hybridized carbons (Fsp3) is 0.0741. The van der Waals surface area contributed by atoms with Crippen LogP contribution < -0.4 is 10.1 Å². The van der Waals surface area contributed by atoms with Gasteiger partial charge in [0.05, 0.1) is 28.6 Å². The minimum atomic E-state index is -0.537. The number of aromatic nitrogens is 3. The lowest BCUT2D eigenvalue weighted by Crippen LogP contribution is -2.12. The van der Waals surface area contributed by atoms with Gasteiger partial charge in [0.15, 0.2) is 5.65 Å². The first kappa shape index (κ1) is 22.7. The van der Waals surface area contributed by atoms with Gasteiger partial charge >= 0.3 is 0 Å². The summed E-state index contributed by atoms with van der Waals surface area (Å²) < 4.78 is 7.47. The van der Waals surface area contributed by atoms with Crippen LogP contribution in [0.2, 0.25) is 0 Å². The Morgan fingerprint density at radius 2 is 1.81 bits per heavy atom. The summed E-state index contributed by atoms with van der Waals surface area (Å²) in [4.78, 5) is 28.5. The molecule has 1 N–H and O–H groups in total. The number of benzene rings is 3. The van der Waals surface area contributed by atoms with Crippen LogP contribution in [0.25, 0.3) is 16.9 Å². The molecular weight excluding hydrogens is 458 g/mol. The van der Waals surface area contributed by atoms with Crippen LogP contribution in [0.5, 0.6) is 11.5 Å². The van der Waals surface area contributed by atoms with Crippen LogP contribution in [-0.2, 0) is 0 Å². The molecule has 0 saturated heterocycles. The Hall–Kier alpha value is -5.05. The van der Waals surface area contributed by atoms with Gasteiger partial charge in [0.2, 0.25) is 0 Å². The molecule has 2 aromatic heterocycles. The molecule has 0 atom stereocenters. The summed E-state index contributed by atoms with van der Waals surface area (Å²) in [5.74, 6) is 0.292. The summed E-state index contributed by atoms with van der Waals surface area (Å²) >= 11 is 0. The van der Waals surface area contributed by atoms with E-state index in [4.69, 9.17) is 4.74 Å². The first-order chi connectivity index (χ1) is 17.4. The number of nitro groups is 1. The van der Waals surface area contributed by atoms with E-state index < -0.39 is 10.8 Å². The number of hydrogen-bond donors (Lipinski definition) is 1. The number of carbonyl (C=O) groups is 1. The molecule has 0 unspecified atom stereocenters. The van der Waals surface area contributed by atoms with Crippen molar-refractivity contribution in [2.75, 3.05) is 5.32 Å². The molecule has 2 heterocycles. The third-order valence-electron chi connectivity index (χ3n) is 5.67. The first-order valence-corrected chi connectivity index (χ1v) is 11.1. The molecule has 0 aliphatic carbocycles. The Bertz CT molecular complexity index is 1610. The first-order valence-electron chi connectivity index (χ1n) is 11.1. The number of hydrogen-bond acceptors (Lipinski definition) is 6. The van der Waals surface area contributed by atoms with E-state index in [1.807, 2.05) is 62.4 Å². The highest BCUT2D eigenvalue weighted by Gasteiger charge is 2.19. The van der Waals surface area contributed by atoms with Crippen LogP contribution in [0, 0.1) is 24.0 Å². The van der Waals surface area contributed by atoms with Crippen molar-refractivity contribution in [1.82, 2.24) is 14.6 Å². The molecule has 36 heavy (non-hydrogen) atoms. The highest BCUT2D eigenvalue weighted by atomic mass is 16.6. The topological polar surface area (TPSA) is 112 Å². The maximum Gasteiger partial charge on any atom is 0.275 e. The lowest BCUT2D eigenvalue weighted by atomic mass is 10.1. The Morgan fingerprint density at radius 3 is 2.56 bits per heavy atom. The van der Waals surface area contributed by atoms with E-state index in [-0.39, 0.29) is 22.7 Å². The zero-order chi connectivity index (χ0) is 25.2. The van der Waals surface area contributed by atoms with Crippen LogP contribution in [0.1, 0.15) is 21.5 Å². The number of fused-ring (bicyclic) bond motifs is 1. The van der Waals surface area contributed by atoms with Crippen molar-refractivity contribution < 1.29 is 14.5 Å². The van der Waals surface area contributed by atoms with E-state index in [0.29, 0.717) is 11.4 Å². The minimum absolute atomic E-state index is 0.212. The van der Waals surface area contributed by atoms with Crippen molar-refractivity contribution in [1.29, 1.82) is 0 Å². The van der Waals surface area contributed by atoms with Gasteiger partial charge in [-0.3, -0.25) is 14.9 Å². The largest absolute Gasteiger partial charge is 0.457 e. The molecule has 0 radical (unpaired) electrons. The Kier molecular flexibility index (Phi) is 5.87. The SMILES string of the molecule is Cc1ccc(-c2ccnc3c(C(=O)Nc4cc(Oc5ccccc5C)cc([N+](=O)[O-])c4)cnn23)cc1. The lowest BCUT2D eigenvalue weighted by Gasteiger charge is -2.11. The van der Waals surface area contributed by atoms with E-state index >= 15 is 0 Å². The average molecular weight is 479 g/mol. The van der Waals surface area contributed by atoms with Crippen molar-refractivity contribution in [2.45, 2.75) is 13.8 Å². The molecule has 0 spiro atoms. The highest BCUT2D eigenvalue weighted by Crippen LogP contribution is 2.31. The van der Waals surface area contributed by atoms with Gasteiger partial charge in [0.1, 0.15) is 17.1 Å². The number of nitro benzene ring substituents is 1. The molecular formula is C27H21N5O4. The van der Waals surface area contributed by atoms with Gasteiger partial charge in [0.25, 0.3) is 11.6 Å². The smallest absolute Gasteiger partial charge is 0.275 e. The van der Waals surface area contributed by atoms with Crippen LogP contribution in [0.4, 0.5) is 11.4 Å². The number of carbonyl (C=O) groups excluding carboxylic acids is 1. The van der Waals surface area contributed by atoms with Gasteiger partial charge < -0.3 is 10.1 Å². The monoisotopic (exact) mass is 479 g/mol. The maximum absolute atomic E-state index is 13.2. The van der Waals surface area contributed by atoms with Gasteiger partial charge in [-0.25, -0.2) is 9.50 Å². The number of anilines is 1. The third kappa shape index (κ3) is 4.49. The zero-order valence-corrected chi connectivity index (χ0v) is 19.5. The summed E-state index contributed by atoms with van der Waals surface area (Å²) in [6, 6.07) is 21.2. The molecule has 0 fully saturated rings. The molecule has 5 rings (SSSR count). The molecule has 9 nitrogen and oxygen atoms in total. The normalized spacial score (nSPS) is 10.8. The number of amides is 1. The lowest BCUT2D eigenvalue weighted by molar-refractivity contribution is -0.384. The van der Waals surface area contributed by atoms with Crippen LogP contribution in [-0.4, -0.2) is 25.4 Å². The zero-order valence-electron chi connectivity index (χ0n) is 19.5. The maximum atomic E-state index is 13.2. The minimum Gasteiger partial charge on any atom is -0.457 e. The summed E-state index contributed by atoms with van der Waals surface area (Å²) in [7, 11) is 0. The van der Waals surface area contributed by atoms with Crippen molar-refractivity contribution in [3.05, 3.63) is 112 Å². The number of aryl methyl sites for hydroxylation is 2. The third-order valence-corrected chi connectivity index (χ3v) is 5.67. The van der Waals surface area contributed by atoms with E-state index in [1.54, 1.807) is 16.8 Å². The van der Waals surface area contributed by atoms with E-state index in [0.717, 1.165) is 22.4 Å². The number of non-ortho nitro benzene ring substituents is 1. The summed E-state index contributed by atoms with van der Waals surface area (Å²) in [5.41, 5.74) is 4.32. The second kappa shape index (κ2) is 9.30. The van der Waals surface area contributed by atoms with Crippen molar-refractivity contribution in [3.63, 3.8) is 0 Å².